The number of rotatable bonds is 4. The molecular weight excluding hydrogens is 291 g/mol. The van der Waals surface area contributed by atoms with Gasteiger partial charge in [-0.15, -0.1) is 24.8 Å². The van der Waals surface area contributed by atoms with Crippen molar-refractivity contribution < 1.29 is 32.2 Å². The molecule has 106 valence electrons. The van der Waals surface area contributed by atoms with E-state index in [-0.39, 0.29) is 17.2 Å². The fraction of sp³-hybridized carbons (Fsp3) is 0.400. The predicted molar refractivity (Wildman–Crippen MR) is 58.4 cm³/mol. The predicted octanol–water partition coefficient (Wildman–Crippen LogP) is 2.51. The number of nitrogens with zero attached hydrogens (tertiary/aromatic N) is 1. The number of methoxy groups -OCH3 is 2. The molecule has 0 radical (unpaired) electrons. The lowest BCUT2D eigenvalue weighted by Gasteiger charge is -2.15. The molecule has 0 spiro atoms. The van der Waals surface area contributed by atoms with Crippen LogP contribution in [0, 0.1) is 0 Å². The van der Waals surface area contributed by atoms with Crippen molar-refractivity contribution in [2.24, 2.45) is 0 Å². The molecule has 0 aliphatic heterocycles. The van der Waals surface area contributed by atoms with Crippen LogP contribution in [0.4, 0.5) is 13.2 Å². The van der Waals surface area contributed by atoms with E-state index < -0.39 is 23.8 Å². The minimum atomic E-state index is -4.99. The van der Waals surface area contributed by atoms with Crippen LogP contribution in [-0.4, -0.2) is 31.5 Å². The number of alkyl halides is 4. The molecule has 0 amide bonds. The summed E-state index contributed by atoms with van der Waals surface area (Å²) in [5.41, 5.74) is -0.514. The number of hydrogen-bond acceptors (Lipinski definition) is 5. The quantitative estimate of drug-likeness (QED) is 0.631. The zero-order chi connectivity index (χ0) is 14.6. The highest BCUT2D eigenvalue weighted by molar-refractivity contribution is 6.18. The highest BCUT2D eigenvalue weighted by Gasteiger charge is 2.35. The first-order valence-corrected chi connectivity index (χ1v) is 5.33. The molecule has 0 aliphatic rings. The molecule has 0 bridgehead atoms. The SMILES string of the molecule is COC(=O)c1c(OC(F)(F)F)ncc(OC)c1CCl. The van der Waals surface area contributed by atoms with Crippen molar-refractivity contribution in [3.8, 4) is 11.6 Å². The molecular formula is C10H9ClF3NO4. The van der Waals surface area contributed by atoms with Crippen LogP contribution in [0.2, 0.25) is 0 Å². The van der Waals surface area contributed by atoms with E-state index in [0.717, 1.165) is 13.3 Å². The minimum absolute atomic E-state index is 0.00488. The van der Waals surface area contributed by atoms with Crippen LogP contribution in [0.15, 0.2) is 6.20 Å². The fourth-order valence-electron chi connectivity index (χ4n) is 1.32. The van der Waals surface area contributed by atoms with Crippen molar-refractivity contribution in [2.45, 2.75) is 12.2 Å². The van der Waals surface area contributed by atoms with Crippen LogP contribution >= 0.6 is 11.6 Å². The maximum atomic E-state index is 12.2. The first-order valence-electron chi connectivity index (χ1n) is 4.80. The molecule has 19 heavy (non-hydrogen) atoms. The van der Waals surface area contributed by atoms with Gasteiger partial charge in [-0.1, -0.05) is 0 Å². The van der Waals surface area contributed by atoms with E-state index in [4.69, 9.17) is 16.3 Å². The summed E-state index contributed by atoms with van der Waals surface area (Å²) in [4.78, 5) is 14.9. The Morgan fingerprint density at radius 2 is 2.05 bits per heavy atom. The summed E-state index contributed by atoms with van der Waals surface area (Å²) in [6.45, 7) is 0. The van der Waals surface area contributed by atoms with Crippen molar-refractivity contribution in [3.63, 3.8) is 0 Å². The summed E-state index contributed by atoms with van der Waals surface area (Å²) in [5.74, 6) is -2.20. The summed E-state index contributed by atoms with van der Waals surface area (Å²) in [6.07, 6.45) is -4.01. The Morgan fingerprint density at radius 3 is 2.47 bits per heavy atom. The van der Waals surface area contributed by atoms with Crippen molar-refractivity contribution in [1.29, 1.82) is 0 Å². The van der Waals surface area contributed by atoms with Crippen LogP contribution in [-0.2, 0) is 10.6 Å². The molecule has 0 saturated heterocycles. The van der Waals surface area contributed by atoms with Gasteiger partial charge in [-0.2, -0.15) is 0 Å². The third-order valence-electron chi connectivity index (χ3n) is 2.07. The molecule has 5 nitrogen and oxygen atoms in total. The number of ether oxygens (including phenoxy) is 3. The molecule has 0 unspecified atom stereocenters. The van der Waals surface area contributed by atoms with E-state index in [1.54, 1.807) is 0 Å². The number of carbonyl (C=O) groups excluding carboxylic acids is 1. The van der Waals surface area contributed by atoms with Crippen molar-refractivity contribution in [2.75, 3.05) is 14.2 Å². The van der Waals surface area contributed by atoms with Gasteiger partial charge >= 0.3 is 12.3 Å². The number of pyridine rings is 1. The standard InChI is InChI=1S/C10H9ClF3NO4/c1-17-6-4-15-8(19-10(12,13)14)7(5(6)3-11)9(16)18-2/h4H,3H2,1-2H3. The molecule has 9 heteroatoms. The van der Waals surface area contributed by atoms with Crippen LogP contribution < -0.4 is 9.47 Å². The molecule has 0 aliphatic carbocycles. The summed E-state index contributed by atoms with van der Waals surface area (Å²) in [6, 6.07) is 0. The minimum Gasteiger partial charge on any atom is -0.495 e. The van der Waals surface area contributed by atoms with E-state index in [0.29, 0.717) is 0 Å². The highest BCUT2D eigenvalue weighted by atomic mass is 35.5. The Balaban J connectivity index is 3.42. The molecule has 0 atom stereocenters. The molecule has 0 fully saturated rings. The van der Waals surface area contributed by atoms with Gasteiger partial charge in [0.25, 0.3) is 0 Å². The van der Waals surface area contributed by atoms with Gasteiger partial charge in [0.05, 0.1) is 26.3 Å². The lowest BCUT2D eigenvalue weighted by atomic mass is 10.1. The van der Waals surface area contributed by atoms with E-state index >= 15 is 0 Å². The zero-order valence-corrected chi connectivity index (χ0v) is 10.6. The third kappa shape index (κ3) is 3.63. The van der Waals surface area contributed by atoms with Gasteiger partial charge in [0.15, 0.2) is 0 Å². The van der Waals surface area contributed by atoms with E-state index in [2.05, 4.69) is 14.5 Å². The van der Waals surface area contributed by atoms with Crippen LogP contribution in [0.3, 0.4) is 0 Å². The molecule has 1 heterocycles. The number of esters is 1. The maximum Gasteiger partial charge on any atom is 0.574 e. The Labute approximate surface area is 111 Å². The van der Waals surface area contributed by atoms with Gasteiger partial charge in [-0.25, -0.2) is 9.78 Å². The summed E-state index contributed by atoms with van der Waals surface area (Å²) >= 11 is 5.61. The second-order valence-electron chi connectivity index (χ2n) is 3.16. The van der Waals surface area contributed by atoms with E-state index in [9.17, 15) is 18.0 Å². The third-order valence-corrected chi connectivity index (χ3v) is 2.33. The van der Waals surface area contributed by atoms with Crippen molar-refractivity contribution >= 4 is 17.6 Å². The molecule has 0 aromatic carbocycles. The number of carbonyl (C=O) groups is 1. The normalized spacial score (nSPS) is 11.1. The van der Waals surface area contributed by atoms with Crippen LogP contribution in [0.25, 0.3) is 0 Å². The zero-order valence-electron chi connectivity index (χ0n) is 9.88. The number of hydrogen-bond donors (Lipinski definition) is 0. The topological polar surface area (TPSA) is 57.7 Å². The monoisotopic (exact) mass is 299 g/mol. The summed E-state index contributed by atoms with van der Waals surface area (Å²) < 4.78 is 49.6. The van der Waals surface area contributed by atoms with Crippen LogP contribution in [0.5, 0.6) is 11.6 Å². The lowest BCUT2D eigenvalue weighted by molar-refractivity contribution is -0.276. The summed E-state index contributed by atoms with van der Waals surface area (Å²) in [5, 5.41) is 0. The molecule has 1 rings (SSSR count). The average molecular weight is 300 g/mol. The number of aromatic nitrogens is 1. The fourth-order valence-corrected chi connectivity index (χ4v) is 1.59. The molecule has 0 saturated carbocycles. The van der Waals surface area contributed by atoms with Crippen molar-refractivity contribution in [3.05, 3.63) is 17.3 Å². The average Bonchev–Trinajstić information content (AvgIpc) is 2.35. The van der Waals surface area contributed by atoms with E-state index in [1.165, 1.54) is 7.11 Å². The van der Waals surface area contributed by atoms with Gasteiger partial charge < -0.3 is 14.2 Å². The Hall–Kier alpha value is -1.70. The smallest absolute Gasteiger partial charge is 0.495 e. The first-order chi connectivity index (χ1) is 8.84. The lowest BCUT2D eigenvalue weighted by Crippen LogP contribution is -2.21. The van der Waals surface area contributed by atoms with Gasteiger partial charge in [0, 0.05) is 5.56 Å². The second kappa shape index (κ2) is 5.96. The van der Waals surface area contributed by atoms with Gasteiger partial charge in [-0.05, 0) is 0 Å². The highest BCUT2D eigenvalue weighted by Crippen LogP contribution is 2.33. The second-order valence-corrected chi connectivity index (χ2v) is 3.43. The van der Waals surface area contributed by atoms with E-state index in [1.807, 2.05) is 0 Å². The largest absolute Gasteiger partial charge is 0.574 e. The maximum absolute atomic E-state index is 12.2. The van der Waals surface area contributed by atoms with Gasteiger partial charge in [0.1, 0.15) is 11.3 Å². The Kier molecular flexibility index (Phi) is 4.82. The molecule has 1 aromatic rings. The molecule has 1 aromatic heterocycles. The van der Waals surface area contributed by atoms with Gasteiger partial charge in [-0.3, -0.25) is 0 Å². The Bertz CT molecular complexity index is 479. The van der Waals surface area contributed by atoms with Crippen LogP contribution in [0.1, 0.15) is 15.9 Å². The number of halogens is 4. The Morgan fingerprint density at radius 1 is 1.42 bits per heavy atom. The van der Waals surface area contributed by atoms with Gasteiger partial charge in [0.2, 0.25) is 5.88 Å². The first kappa shape index (κ1) is 15.4. The molecule has 0 N–H and O–H groups in total. The summed E-state index contributed by atoms with van der Waals surface area (Å²) in [7, 11) is 2.27. The van der Waals surface area contributed by atoms with Crippen molar-refractivity contribution in [1.82, 2.24) is 4.98 Å².